The van der Waals surface area contributed by atoms with Crippen molar-refractivity contribution in [3.8, 4) is 0 Å². The normalized spacial score (nSPS) is 16.0. The van der Waals surface area contributed by atoms with Gasteiger partial charge in [0.15, 0.2) is 5.65 Å². The van der Waals surface area contributed by atoms with E-state index in [9.17, 15) is 4.79 Å². The number of rotatable bonds is 1. The second kappa shape index (κ2) is 5.64. The van der Waals surface area contributed by atoms with Crippen molar-refractivity contribution in [2.75, 3.05) is 36.8 Å². The molecule has 0 radical (unpaired) electrons. The summed E-state index contributed by atoms with van der Waals surface area (Å²) in [6.07, 6.45) is 1.51. The molecular weight excluding hydrogens is 292 g/mol. The third kappa shape index (κ3) is 3.04. The van der Waals surface area contributed by atoms with Gasteiger partial charge in [-0.25, -0.2) is 15.0 Å². The largest absolute Gasteiger partial charge is 0.384 e. The molecule has 2 aromatic heterocycles. The van der Waals surface area contributed by atoms with Crippen molar-refractivity contribution < 1.29 is 4.79 Å². The lowest BCUT2D eigenvalue weighted by atomic mass is 9.94. The maximum Gasteiger partial charge on any atom is 0.228 e. The molecule has 2 N–H and O–H groups in total. The molecule has 0 bridgehead atoms. The van der Waals surface area contributed by atoms with Gasteiger partial charge in [0, 0.05) is 31.6 Å². The summed E-state index contributed by atoms with van der Waals surface area (Å²) in [4.78, 5) is 29.3. The topological polar surface area (TPSA) is 88.2 Å². The van der Waals surface area contributed by atoms with Crippen LogP contribution in [-0.4, -0.2) is 51.9 Å². The van der Waals surface area contributed by atoms with Crippen LogP contribution in [0.4, 0.5) is 11.6 Å². The Morgan fingerprint density at radius 2 is 1.83 bits per heavy atom. The summed E-state index contributed by atoms with van der Waals surface area (Å²) in [6, 6.07) is 3.66. The highest BCUT2D eigenvalue weighted by Gasteiger charge is 2.30. The predicted molar refractivity (Wildman–Crippen MR) is 90.0 cm³/mol. The number of amides is 1. The molecule has 7 nitrogen and oxygen atoms in total. The second-order valence-corrected chi connectivity index (χ2v) is 6.83. The van der Waals surface area contributed by atoms with Crippen LogP contribution >= 0.6 is 0 Å². The number of hydrogen-bond acceptors (Lipinski definition) is 6. The zero-order chi connectivity index (χ0) is 16.6. The molecule has 3 rings (SSSR count). The number of pyridine rings is 1. The van der Waals surface area contributed by atoms with Crippen molar-refractivity contribution in [2.45, 2.75) is 20.8 Å². The highest BCUT2D eigenvalue weighted by molar-refractivity contribution is 5.88. The number of anilines is 2. The first-order valence-corrected chi connectivity index (χ1v) is 7.78. The maximum absolute atomic E-state index is 12.4. The summed E-state index contributed by atoms with van der Waals surface area (Å²) in [6.45, 7) is 8.76. The number of hydrogen-bond donors (Lipinski definition) is 1. The van der Waals surface area contributed by atoms with E-state index >= 15 is 0 Å². The third-order valence-electron chi connectivity index (χ3n) is 4.01. The highest BCUT2D eigenvalue weighted by Crippen LogP contribution is 2.25. The van der Waals surface area contributed by atoms with Gasteiger partial charge in [-0.1, -0.05) is 20.8 Å². The minimum atomic E-state index is -0.342. The molecule has 1 aliphatic rings. The molecule has 7 heteroatoms. The van der Waals surface area contributed by atoms with E-state index in [2.05, 4.69) is 19.9 Å². The Bertz CT molecular complexity index is 731. The Labute approximate surface area is 135 Å². The molecule has 122 valence electrons. The van der Waals surface area contributed by atoms with E-state index in [-0.39, 0.29) is 11.3 Å². The first-order chi connectivity index (χ1) is 10.9. The minimum absolute atomic E-state index is 0.194. The monoisotopic (exact) mass is 314 g/mol. The summed E-state index contributed by atoms with van der Waals surface area (Å²) in [7, 11) is 0. The fourth-order valence-electron chi connectivity index (χ4n) is 2.79. The Balaban J connectivity index is 1.80. The maximum atomic E-state index is 12.4. The van der Waals surface area contributed by atoms with Crippen LogP contribution in [0.5, 0.6) is 0 Å². The van der Waals surface area contributed by atoms with Crippen LogP contribution in [0.3, 0.4) is 0 Å². The fraction of sp³-hybridized carbons (Fsp3) is 0.500. The van der Waals surface area contributed by atoms with Crippen molar-refractivity contribution in [2.24, 2.45) is 5.41 Å². The average molecular weight is 314 g/mol. The molecule has 0 unspecified atom stereocenters. The molecule has 3 heterocycles. The van der Waals surface area contributed by atoms with Gasteiger partial charge in [-0.15, -0.1) is 0 Å². The molecule has 0 atom stereocenters. The number of nitrogen functional groups attached to an aromatic ring is 1. The van der Waals surface area contributed by atoms with Gasteiger partial charge in [-0.3, -0.25) is 4.79 Å². The van der Waals surface area contributed by atoms with Gasteiger partial charge < -0.3 is 15.5 Å². The molecule has 2 aromatic rings. The Morgan fingerprint density at radius 3 is 2.48 bits per heavy atom. The van der Waals surface area contributed by atoms with E-state index in [4.69, 9.17) is 5.73 Å². The fourth-order valence-corrected chi connectivity index (χ4v) is 2.79. The lowest BCUT2D eigenvalue weighted by Gasteiger charge is -2.38. The number of fused-ring (bicyclic) bond motifs is 1. The van der Waals surface area contributed by atoms with E-state index in [0.717, 1.165) is 24.3 Å². The van der Waals surface area contributed by atoms with Gasteiger partial charge in [0.05, 0.1) is 5.39 Å². The molecule has 0 spiro atoms. The number of nitrogens with zero attached hydrogens (tertiary/aromatic N) is 5. The number of carbonyl (C=O) groups excluding carboxylic acids is 1. The van der Waals surface area contributed by atoms with Crippen molar-refractivity contribution in [3.05, 3.63) is 18.5 Å². The zero-order valence-electron chi connectivity index (χ0n) is 13.8. The van der Waals surface area contributed by atoms with Gasteiger partial charge in [0.2, 0.25) is 5.91 Å². The average Bonchev–Trinajstić information content (AvgIpc) is 2.52. The van der Waals surface area contributed by atoms with E-state index in [1.807, 2.05) is 31.7 Å². The van der Waals surface area contributed by atoms with Gasteiger partial charge >= 0.3 is 0 Å². The molecule has 1 amide bonds. The van der Waals surface area contributed by atoms with Crippen LogP contribution < -0.4 is 10.6 Å². The van der Waals surface area contributed by atoms with E-state index in [1.165, 1.54) is 6.33 Å². The van der Waals surface area contributed by atoms with Crippen molar-refractivity contribution in [3.63, 3.8) is 0 Å². The smallest absolute Gasteiger partial charge is 0.228 e. The number of aromatic nitrogens is 3. The number of carbonyl (C=O) groups is 1. The SMILES string of the molecule is CC(C)(C)C(=O)N1CCN(c2ncnc3nc(N)ccc23)CC1. The number of piperazine rings is 1. The van der Waals surface area contributed by atoms with E-state index in [1.54, 1.807) is 6.07 Å². The Kier molecular flexibility index (Phi) is 3.79. The van der Waals surface area contributed by atoms with Crippen molar-refractivity contribution in [1.82, 2.24) is 19.9 Å². The van der Waals surface area contributed by atoms with Crippen LogP contribution in [-0.2, 0) is 4.79 Å². The summed E-state index contributed by atoms with van der Waals surface area (Å²) < 4.78 is 0. The molecular formula is C16H22N6O. The third-order valence-corrected chi connectivity index (χ3v) is 4.01. The van der Waals surface area contributed by atoms with Crippen molar-refractivity contribution >= 4 is 28.6 Å². The molecule has 1 saturated heterocycles. The minimum Gasteiger partial charge on any atom is -0.384 e. The summed E-state index contributed by atoms with van der Waals surface area (Å²) in [5, 5.41) is 0.886. The first-order valence-electron chi connectivity index (χ1n) is 7.78. The lowest BCUT2D eigenvalue weighted by molar-refractivity contribution is -0.139. The quantitative estimate of drug-likeness (QED) is 0.853. The molecule has 0 saturated carbocycles. The van der Waals surface area contributed by atoms with Crippen LogP contribution in [0.25, 0.3) is 11.0 Å². The molecule has 1 aliphatic heterocycles. The van der Waals surface area contributed by atoms with Crippen LogP contribution in [0, 0.1) is 5.41 Å². The molecule has 0 aliphatic carbocycles. The van der Waals surface area contributed by atoms with E-state index < -0.39 is 0 Å². The summed E-state index contributed by atoms with van der Waals surface area (Å²) in [5.74, 6) is 1.49. The van der Waals surface area contributed by atoms with Crippen LogP contribution in [0.1, 0.15) is 20.8 Å². The standard InChI is InChI=1S/C16H22N6O/c1-16(2,3)15(23)22-8-6-21(7-9-22)14-11-4-5-12(17)20-13(11)18-10-19-14/h4-5,10H,6-9H2,1-3H3,(H2,17,18,19,20). The molecule has 1 fully saturated rings. The van der Waals surface area contributed by atoms with Gasteiger partial charge in [0.1, 0.15) is 18.0 Å². The van der Waals surface area contributed by atoms with Gasteiger partial charge in [0.25, 0.3) is 0 Å². The Morgan fingerprint density at radius 1 is 1.13 bits per heavy atom. The zero-order valence-corrected chi connectivity index (χ0v) is 13.8. The Hall–Kier alpha value is -2.44. The van der Waals surface area contributed by atoms with Gasteiger partial charge in [-0.2, -0.15) is 0 Å². The number of nitrogens with two attached hydrogens (primary N) is 1. The first kappa shape index (κ1) is 15.5. The predicted octanol–water partition coefficient (Wildman–Crippen LogP) is 1.30. The lowest BCUT2D eigenvalue weighted by Crippen LogP contribution is -2.51. The van der Waals surface area contributed by atoms with Gasteiger partial charge in [-0.05, 0) is 12.1 Å². The summed E-state index contributed by atoms with van der Waals surface area (Å²) >= 11 is 0. The van der Waals surface area contributed by atoms with E-state index in [0.29, 0.717) is 24.6 Å². The summed E-state index contributed by atoms with van der Waals surface area (Å²) in [5.41, 5.74) is 5.97. The second-order valence-electron chi connectivity index (χ2n) is 6.83. The molecule has 0 aromatic carbocycles. The highest BCUT2D eigenvalue weighted by atomic mass is 16.2. The van der Waals surface area contributed by atoms with Crippen LogP contribution in [0.2, 0.25) is 0 Å². The van der Waals surface area contributed by atoms with Crippen LogP contribution in [0.15, 0.2) is 18.5 Å². The molecule has 23 heavy (non-hydrogen) atoms. The van der Waals surface area contributed by atoms with Crippen molar-refractivity contribution in [1.29, 1.82) is 0 Å².